The molecule has 1 aromatic rings. The van der Waals surface area contributed by atoms with E-state index in [-0.39, 0.29) is 12.5 Å². The molecule has 2 unspecified atom stereocenters. The van der Waals surface area contributed by atoms with Gasteiger partial charge in [-0.2, -0.15) is 0 Å². The predicted molar refractivity (Wildman–Crippen MR) is 56.2 cm³/mol. The molecule has 5 N–H and O–H groups in total. The maximum Gasteiger partial charge on any atom is 0.260 e. The molecule has 8 heteroatoms. The van der Waals surface area contributed by atoms with Gasteiger partial charge in [-0.15, -0.1) is 0 Å². The molecule has 0 aliphatic heterocycles. The highest BCUT2D eigenvalue weighted by atomic mass is 16.3. The van der Waals surface area contributed by atoms with Crippen molar-refractivity contribution in [2.75, 3.05) is 6.54 Å². The second-order valence-corrected chi connectivity index (χ2v) is 3.42. The van der Waals surface area contributed by atoms with Crippen LogP contribution in [0.15, 0.2) is 11.1 Å². The molecular formula is C9H13N3O5. The Morgan fingerprint density at radius 1 is 1.59 bits per heavy atom. The van der Waals surface area contributed by atoms with Gasteiger partial charge in [0, 0.05) is 13.5 Å². The van der Waals surface area contributed by atoms with Crippen molar-refractivity contribution in [1.82, 2.24) is 15.3 Å². The molecule has 0 spiro atoms. The van der Waals surface area contributed by atoms with Gasteiger partial charge in [0.2, 0.25) is 11.8 Å². The molecule has 8 nitrogen and oxygen atoms in total. The molecule has 0 radical (unpaired) electrons. The topological polar surface area (TPSA) is 136 Å². The first-order valence-corrected chi connectivity index (χ1v) is 4.80. The number of aromatic amines is 1. The molecule has 0 aliphatic rings. The van der Waals surface area contributed by atoms with Crippen LogP contribution in [0, 0.1) is 0 Å². The number of amides is 1. The summed E-state index contributed by atoms with van der Waals surface area (Å²) in [6.07, 6.45) is -2.09. The molecule has 2 atom stereocenters. The molecule has 0 saturated carbocycles. The number of hydrogen-bond donors (Lipinski definition) is 5. The summed E-state index contributed by atoms with van der Waals surface area (Å²) >= 11 is 0. The van der Waals surface area contributed by atoms with Gasteiger partial charge in [0.1, 0.15) is 17.8 Å². The average Bonchev–Trinajstić information content (AvgIpc) is 2.25. The number of carbonyl (C=O) groups is 1. The molecule has 94 valence electrons. The van der Waals surface area contributed by atoms with E-state index in [1.54, 1.807) is 0 Å². The van der Waals surface area contributed by atoms with Crippen LogP contribution in [0.4, 0.5) is 0 Å². The Bertz CT molecular complexity index is 458. The minimum atomic E-state index is -1.64. The van der Waals surface area contributed by atoms with E-state index in [2.05, 4.69) is 15.3 Å². The first kappa shape index (κ1) is 13.1. The minimum absolute atomic E-state index is 0.246. The lowest BCUT2D eigenvalue weighted by Gasteiger charge is -2.17. The Morgan fingerprint density at radius 3 is 2.76 bits per heavy atom. The van der Waals surface area contributed by atoms with Crippen molar-refractivity contribution in [3.63, 3.8) is 0 Å². The zero-order valence-corrected chi connectivity index (χ0v) is 9.04. The fourth-order valence-corrected chi connectivity index (χ4v) is 1.22. The van der Waals surface area contributed by atoms with E-state index in [9.17, 15) is 24.9 Å². The molecule has 1 aromatic heterocycles. The summed E-state index contributed by atoms with van der Waals surface area (Å²) in [5.41, 5.74) is -1.20. The maximum atomic E-state index is 11.3. The van der Waals surface area contributed by atoms with Crippen LogP contribution in [0.2, 0.25) is 0 Å². The molecule has 0 aliphatic carbocycles. The third-order valence-corrected chi connectivity index (χ3v) is 2.09. The van der Waals surface area contributed by atoms with Crippen LogP contribution >= 0.6 is 0 Å². The average molecular weight is 243 g/mol. The van der Waals surface area contributed by atoms with Crippen molar-refractivity contribution in [2.24, 2.45) is 0 Å². The van der Waals surface area contributed by atoms with Crippen molar-refractivity contribution in [1.29, 1.82) is 0 Å². The number of aliphatic hydroxyl groups excluding tert-OH is 2. The number of hydrogen-bond acceptors (Lipinski definition) is 6. The number of nitrogens with zero attached hydrogens (tertiary/aromatic N) is 1. The third-order valence-electron chi connectivity index (χ3n) is 2.09. The Labute approximate surface area is 96.0 Å². The smallest absolute Gasteiger partial charge is 0.260 e. The van der Waals surface area contributed by atoms with E-state index in [1.165, 1.54) is 6.92 Å². The van der Waals surface area contributed by atoms with Crippen LogP contribution in [0.5, 0.6) is 5.88 Å². The highest BCUT2D eigenvalue weighted by Gasteiger charge is 2.25. The number of H-pyrrole nitrogens is 1. The molecule has 17 heavy (non-hydrogen) atoms. The molecule has 1 rings (SSSR count). The highest BCUT2D eigenvalue weighted by Crippen LogP contribution is 2.19. The summed E-state index contributed by atoms with van der Waals surface area (Å²) in [5, 5.41) is 30.7. The fourth-order valence-electron chi connectivity index (χ4n) is 1.22. The molecule has 0 aromatic carbocycles. The van der Waals surface area contributed by atoms with Gasteiger partial charge in [0.25, 0.3) is 5.56 Å². The van der Waals surface area contributed by atoms with Crippen LogP contribution in [0.3, 0.4) is 0 Å². The van der Waals surface area contributed by atoms with Crippen molar-refractivity contribution in [3.8, 4) is 5.88 Å². The second-order valence-electron chi connectivity index (χ2n) is 3.42. The monoisotopic (exact) mass is 243 g/mol. The van der Waals surface area contributed by atoms with E-state index in [4.69, 9.17) is 0 Å². The number of aromatic hydroxyl groups is 1. The quantitative estimate of drug-likeness (QED) is 0.415. The first-order valence-electron chi connectivity index (χ1n) is 4.80. The summed E-state index contributed by atoms with van der Waals surface area (Å²) in [7, 11) is 0. The van der Waals surface area contributed by atoms with Crippen LogP contribution < -0.4 is 10.9 Å². The van der Waals surface area contributed by atoms with Gasteiger partial charge in [-0.1, -0.05) is 0 Å². The van der Waals surface area contributed by atoms with Crippen LogP contribution in [-0.4, -0.2) is 43.8 Å². The van der Waals surface area contributed by atoms with Crippen molar-refractivity contribution in [2.45, 2.75) is 19.1 Å². The number of rotatable bonds is 4. The minimum Gasteiger partial charge on any atom is -0.493 e. The largest absolute Gasteiger partial charge is 0.493 e. The lowest BCUT2D eigenvalue weighted by atomic mass is 10.1. The van der Waals surface area contributed by atoms with Gasteiger partial charge in [0.05, 0.1) is 6.33 Å². The number of aliphatic hydroxyl groups is 2. The lowest BCUT2D eigenvalue weighted by Crippen LogP contribution is -2.36. The van der Waals surface area contributed by atoms with E-state index < -0.39 is 29.2 Å². The number of carbonyl (C=O) groups excluding carboxylic acids is 1. The van der Waals surface area contributed by atoms with Crippen molar-refractivity contribution < 1.29 is 20.1 Å². The lowest BCUT2D eigenvalue weighted by molar-refractivity contribution is -0.119. The first-order chi connectivity index (χ1) is 7.93. The Balaban J connectivity index is 2.85. The molecule has 1 amide bonds. The summed E-state index contributed by atoms with van der Waals surface area (Å²) in [4.78, 5) is 27.5. The summed E-state index contributed by atoms with van der Waals surface area (Å²) in [6.45, 7) is 0.998. The maximum absolute atomic E-state index is 11.3. The molecule has 0 fully saturated rings. The summed E-state index contributed by atoms with van der Waals surface area (Å²) < 4.78 is 0. The SMILES string of the molecule is CC(=O)NCC(O)C(O)c1c(O)nc[nH]c1=O. The molecular weight excluding hydrogens is 230 g/mol. The zero-order valence-electron chi connectivity index (χ0n) is 9.04. The standard InChI is InChI=1S/C9H13N3O5/c1-4(13)10-2-5(14)7(15)6-8(16)11-3-12-9(6)17/h3,5,7,14-15H,2H2,1H3,(H,10,13)(H2,11,12,16,17). The predicted octanol–water partition coefficient (Wildman–Crippen LogP) is -1.99. The third kappa shape index (κ3) is 3.26. The van der Waals surface area contributed by atoms with E-state index in [0.717, 1.165) is 6.33 Å². The van der Waals surface area contributed by atoms with Crippen LogP contribution in [0.1, 0.15) is 18.6 Å². The second kappa shape index (κ2) is 5.41. The van der Waals surface area contributed by atoms with Crippen LogP contribution in [0.25, 0.3) is 0 Å². The van der Waals surface area contributed by atoms with E-state index in [1.807, 2.05) is 0 Å². The fraction of sp³-hybridized carbons (Fsp3) is 0.444. The van der Waals surface area contributed by atoms with E-state index >= 15 is 0 Å². The molecule has 0 saturated heterocycles. The van der Waals surface area contributed by atoms with Gasteiger partial charge >= 0.3 is 0 Å². The van der Waals surface area contributed by atoms with Crippen molar-refractivity contribution in [3.05, 3.63) is 22.2 Å². The summed E-state index contributed by atoms with van der Waals surface area (Å²) in [5.74, 6) is -1.05. The Hall–Kier alpha value is -1.93. The van der Waals surface area contributed by atoms with E-state index in [0.29, 0.717) is 0 Å². The van der Waals surface area contributed by atoms with Crippen LogP contribution in [-0.2, 0) is 4.79 Å². The van der Waals surface area contributed by atoms with Gasteiger partial charge in [-0.05, 0) is 0 Å². The zero-order chi connectivity index (χ0) is 13.0. The number of aromatic nitrogens is 2. The molecule has 0 bridgehead atoms. The van der Waals surface area contributed by atoms with Gasteiger partial charge in [0.15, 0.2) is 0 Å². The Kier molecular flexibility index (Phi) is 4.18. The highest BCUT2D eigenvalue weighted by molar-refractivity contribution is 5.72. The Morgan fingerprint density at radius 2 is 2.24 bits per heavy atom. The number of nitrogens with one attached hydrogen (secondary N) is 2. The molecule has 1 heterocycles. The van der Waals surface area contributed by atoms with Gasteiger partial charge in [-0.3, -0.25) is 9.59 Å². The van der Waals surface area contributed by atoms with Gasteiger partial charge in [-0.25, -0.2) is 4.98 Å². The summed E-state index contributed by atoms with van der Waals surface area (Å²) in [6, 6.07) is 0. The normalized spacial score (nSPS) is 14.1. The van der Waals surface area contributed by atoms with Crippen molar-refractivity contribution >= 4 is 5.91 Å². The van der Waals surface area contributed by atoms with Gasteiger partial charge < -0.3 is 25.6 Å².